The molecular weight excluding hydrogens is 380 g/mol. The number of rotatable bonds is 0. The van der Waals surface area contributed by atoms with Gasteiger partial charge in [0, 0.05) is 38.2 Å². The molecule has 54 valence electrons. The van der Waals surface area contributed by atoms with E-state index in [2.05, 4.69) is 0 Å². The zero-order chi connectivity index (χ0) is 0. The van der Waals surface area contributed by atoms with Crippen molar-refractivity contribution in [1.29, 1.82) is 0 Å². The van der Waals surface area contributed by atoms with Crippen molar-refractivity contribution in [2.75, 3.05) is 0 Å². The molecule has 0 rings (SSSR count). The Morgan fingerprint density at radius 1 is 0.571 bits per heavy atom. The molecule has 0 aliphatic rings. The summed E-state index contributed by atoms with van der Waals surface area (Å²) in [4.78, 5) is 0. The van der Waals surface area contributed by atoms with Gasteiger partial charge < -0.3 is 21.9 Å². The summed E-state index contributed by atoms with van der Waals surface area (Å²) in [6.07, 6.45) is 0. The molecule has 0 aromatic carbocycles. The third kappa shape index (κ3) is 74.8. The molecule has 0 heterocycles. The fourth-order valence-electron chi connectivity index (χ4n) is 0. The molecule has 8 N–H and O–H groups in total. The molecule has 7 heteroatoms. The summed E-state index contributed by atoms with van der Waals surface area (Å²) in [5.41, 5.74) is 0. The minimum Gasteiger partial charge on any atom is 0 e. The fraction of sp³-hybridized carbons (Fsp3) is 0. The predicted octanol–water partition coefficient (Wildman–Crippen LogP) is -4.49. The van der Waals surface area contributed by atoms with Crippen LogP contribution in [-0.4, -0.2) is 48.1 Å². The van der Waals surface area contributed by atoms with E-state index in [0.29, 0.717) is 0 Å². The van der Waals surface area contributed by atoms with Crippen LogP contribution in [-0.2, 0) is 38.2 Å². The molecule has 0 aromatic rings. The van der Waals surface area contributed by atoms with Crippen LogP contribution < -0.4 is 0 Å². The van der Waals surface area contributed by atoms with E-state index in [9.17, 15) is 0 Å². The monoisotopic (exact) mass is 390 g/mol. The van der Waals surface area contributed by atoms with Gasteiger partial charge in [-0.1, -0.05) is 0 Å². The van der Waals surface area contributed by atoms with E-state index in [0.717, 1.165) is 0 Å². The van der Waals surface area contributed by atoms with Crippen LogP contribution in [0.2, 0.25) is 0 Å². The molecule has 0 unspecified atom stereocenters. The molecule has 0 amide bonds. The van der Waals surface area contributed by atoms with Gasteiger partial charge in [-0.3, -0.25) is 0 Å². The van der Waals surface area contributed by atoms with Gasteiger partial charge in [-0.25, -0.2) is 0 Å². The molecule has 0 saturated heterocycles. The van der Waals surface area contributed by atoms with Gasteiger partial charge in [0.2, 0.25) is 0 Å². The summed E-state index contributed by atoms with van der Waals surface area (Å²) in [5.74, 6) is 0. The zero-order valence-electron chi connectivity index (χ0n) is 3.52. The minimum atomic E-state index is 0. The van der Waals surface area contributed by atoms with Crippen LogP contribution in [0.4, 0.5) is 0 Å². The molecule has 4 nitrogen and oxygen atoms in total. The van der Waals surface area contributed by atoms with Crippen LogP contribution in [0.5, 0.6) is 0 Å². The molecule has 0 bridgehead atoms. The first-order valence-electron chi connectivity index (χ1n) is 0. The number of hydrogen-bond donors (Lipinski definition) is 0. The van der Waals surface area contributed by atoms with Gasteiger partial charge in [0.05, 0.1) is 0 Å². The summed E-state index contributed by atoms with van der Waals surface area (Å²) in [6, 6.07) is 0. The van der Waals surface area contributed by atoms with E-state index in [1.54, 1.807) is 0 Å². The Morgan fingerprint density at radius 3 is 0.571 bits per heavy atom. The van der Waals surface area contributed by atoms with Crippen molar-refractivity contribution in [3.05, 3.63) is 0 Å². The summed E-state index contributed by atoms with van der Waals surface area (Å²) in [5, 5.41) is 0. The average molecular weight is 391 g/mol. The Morgan fingerprint density at radius 2 is 0.571 bits per heavy atom. The molecule has 0 atom stereocenters. The van der Waals surface area contributed by atoms with E-state index >= 15 is 0 Å². The molecule has 0 aromatic heterocycles. The summed E-state index contributed by atoms with van der Waals surface area (Å²) in [7, 11) is 0. The first-order valence-corrected chi connectivity index (χ1v) is 0. The van der Waals surface area contributed by atoms with Gasteiger partial charge in [0.15, 0.2) is 0 Å². The van der Waals surface area contributed by atoms with E-state index in [1.807, 2.05) is 0 Å². The van der Waals surface area contributed by atoms with Crippen LogP contribution in [0, 0.1) is 0 Å². The maximum atomic E-state index is 0. The van der Waals surface area contributed by atoms with Crippen molar-refractivity contribution >= 4 is 26.2 Å². The average Bonchev–Trinajstić information content (AvgIpc) is 0. The van der Waals surface area contributed by atoms with Gasteiger partial charge in [0.25, 0.3) is 0 Å². The van der Waals surface area contributed by atoms with E-state index in [-0.39, 0.29) is 86.3 Å². The van der Waals surface area contributed by atoms with Crippen molar-refractivity contribution in [2.45, 2.75) is 0 Å². The topological polar surface area (TPSA) is 126 Å². The summed E-state index contributed by atoms with van der Waals surface area (Å²) >= 11 is 0. The van der Waals surface area contributed by atoms with Crippen molar-refractivity contribution in [2.24, 2.45) is 0 Å². The molecule has 7 heavy (non-hydrogen) atoms. The van der Waals surface area contributed by atoms with E-state index in [1.165, 1.54) is 0 Å². The third-order valence-corrected chi connectivity index (χ3v) is 0. The van der Waals surface area contributed by atoms with E-state index < -0.39 is 0 Å². The largest absolute Gasteiger partial charge is 0 e. The second-order valence-corrected chi connectivity index (χ2v) is 0. The predicted molar refractivity (Wildman–Crippen MR) is 24.4 cm³/mol. The van der Waals surface area contributed by atoms with Crippen LogP contribution in [0.15, 0.2) is 0 Å². The molecule has 0 aliphatic carbocycles. The Hall–Kier alpha value is 1.93. The van der Waals surface area contributed by atoms with Crippen molar-refractivity contribution < 1.29 is 60.1 Å². The Balaban J connectivity index is 0. The maximum absolute atomic E-state index is 0. The van der Waals surface area contributed by atoms with Crippen LogP contribution >= 0.6 is 0 Å². The van der Waals surface area contributed by atoms with Crippen LogP contribution in [0.3, 0.4) is 0 Å². The van der Waals surface area contributed by atoms with Gasteiger partial charge >= 0.3 is 26.2 Å². The van der Waals surface area contributed by atoms with Crippen LogP contribution in [0.1, 0.15) is 0 Å². The first kappa shape index (κ1) is 151. The molecule has 0 fully saturated rings. The first-order chi connectivity index (χ1) is 0. The SMILES string of the molecule is O.O.O.O.[BiH3].[Ni].[Ti]. The molecular formula is H11BiNiO4Ti. The van der Waals surface area contributed by atoms with Crippen molar-refractivity contribution in [1.82, 2.24) is 0 Å². The number of hydrogen-bond acceptors (Lipinski definition) is 0. The fourth-order valence-corrected chi connectivity index (χ4v) is 0. The maximum Gasteiger partial charge on any atom is 0 e. The molecule has 0 radical (unpaired) electrons. The van der Waals surface area contributed by atoms with Gasteiger partial charge in [-0.05, 0) is 0 Å². The Bertz CT molecular complexity index is 11.7. The molecule has 0 aliphatic heterocycles. The Labute approximate surface area is 85.6 Å². The minimum absolute atomic E-state index is 0. The quantitative estimate of drug-likeness (QED) is 0.370. The van der Waals surface area contributed by atoms with Gasteiger partial charge in [-0.2, -0.15) is 0 Å². The van der Waals surface area contributed by atoms with Crippen molar-refractivity contribution in [3.63, 3.8) is 0 Å². The van der Waals surface area contributed by atoms with Crippen molar-refractivity contribution in [3.8, 4) is 0 Å². The van der Waals surface area contributed by atoms with Crippen LogP contribution in [0.25, 0.3) is 0 Å². The molecule has 0 spiro atoms. The van der Waals surface area contributed by atoms with E-state index in [4.69, 9.17) is 0 Å². The Kier molecular flexibility index (Phi) is 2200. The molecule has 0 saturated carbocycles. The van der Waals surface area contributed by atoms with Gasteiger partial charge in [-0.15, -0.1) is 0 Å². The summed E-state index contributed by atoms with van der Waals surface area (Å²) in [6.45, 7) is 0. The second-order valence-electron chi connectivity index (χ2n) is 0. The normalized spacial score (nSPS) is 0. The smallest absolute Gasteiger partial charge is 0 e. The zero-order valence-corrected chi connectivity index (χ0v) is 11.6. The standard InChI is InChI=1S/Bi.Ni.4H2O.Ti.3H/h;;4*1H2;;;;. The third-order valence-electron chi connectivity index (χ3n) is 0. The van der Waals surface area contributed by atoms with Gasteiger partial charge in [0.1, 0.15) is 0 Å². The summed E-state index contributed by atoms with van der Waals surface area (Å²) < 4.78 is 0. The second kappa shape index (κ2) is 102.